The summed E-state index contributed by atoms with van der Waals surface area (Å²) in [6, 6.07) is 4.91. The smallest absolute Gasteiger partial charge is 0.387 e. The summed E-state index contributed by atoms with van der Waals surface area (Å²) in [5, 5.41) is 6.46. The number of piperazine rings is 1. The van der Waals surface area contributed by atoms with E-state index in [0.717, 1.165) is 51.1 Å². The lowest BCUT2D eigenvalue weighted by molar-refractivity contribution is -0.122. The summed E-state index contributed by atoms with van der Waals surface area (Å²) in [6.07, 6.45) is 4.77. The van der Waals surface area contributed by atoms with Crippen LogP contribution < -0.4 is 26.0 Å². The van der Waals surface area contributed by atoms with Gasteiger partial charge in [-0.2, -0.15) is 13.8 Å². The van der Waals surface area contributed by atoms with Crippen molar-refractivity contribution in [3.8, 4) is 5.75 Å². The Morgan fingerprint density at radius 1 is 1.23 bits per heavy atom. The standard InChI is InChI=1S/C23H30ClF2N7O2/c1-32-8-10-33(11-9-32)14-6-7-18(19(12-14)35-22(25)26)30-23-28-13-16(24)21(31-23)29-17-5-3-2-4-15(17)20(27)34/h6-7,12-13,15,17,22H,2-5,8-11H2,1H3,(H2,27,34)(H2,28,29,30,31)/t15-,17-/m1/s1. The Labute approximate surface area is 208 Å². The number of likely N-dealkylation sites (N-methyl/N-ethyl adjacent to an activating group) is 1. The summed E-state index contributed by atoms with van der Waals surface area (Å²) in [5.41, 5.74) is 6.67. The molecule has 2 fully saturated rings. The molecule has 12 heteroatoms. The highest BCUT2D eigenvalue weighted by molar-refractivity contribution is 6.32. The zero-order valence-corrected chi connectivity index (χ0v) is 20.3. The predicted octanol–water partition coefficient (Wildman–Crippen LogP) is 3.68. The second kappa shape index (κ2) is 11.2. The number of amides is 1. The second-order valence-electron chi connectivity index (χ2n) is 8.91. The summed E-state index contributed by atoms with van der Waals surface area (Å²) >= 11 is 6.30. The van der Waals surface area contributed by atoms with Gasteiger partial charge in [-0.15, -0.1) is 0 Å². The Morgan fingerprint density at radius 2 is 1.97 bits per heavy atom. The molecule has 2 atom stereocenters. The highest BCUT2D eigenvalue weighted by atomic mass is 35.5. The third-order valence-corrected chi connectivity index (χ3v) is 6.77. The summed E-state index contributed by atoms with van der Waals surface area (Å²) < 4.78 is 31.2. The molecule has 1 aliphatic heterocycles. The molecule has 1 saturated heterocycles. The maximum absolute atomic E-state index is 13.2. The van der Waals surface area contributed by atoms with E-state index in [1.54, 1.807) is 12.1 Å². The number of alkyl halides is 2. The Bertz CT molecular complexity index is 1040. The van der Waals surface area contributed by atoms with E-state index in [2.05, 4.69) is 30.4 Å². The number of hydrogen-bond acceptors (Lipinski definition) is 8. The predicted molar refractivity (Wildman–Crippen MR) is 132 cm³/mol. The number of carbonyl (C=O) groups excluding carboxylic acids is 1. The van der Waals surface area contributed by atoms with Crippen molar-refractivity contribution in [2.24, 2.45) is 11.7 Å². The van der Waals surface area contributed by atoms with Crippen molar-refractivity contribution < 1.29 is 18.3 Å². The highest BCUT2D eigenvalue weighted by Gasteiger charge is 2.30. The van der Waals surface area contributed by atoms with Crippen molar-refractivity contribution in [1.29, 1.82) is 0 Å². The van der Waals surface area contributed by atoms with Crippen LogP contribution in [-0.2, 0) is 4.79 Å². The van der Waals surface area contributed by atoms with E-state index in [4.69, 9.17) is 22.1 Å². The number of ether oxygens (including phenoxy) is 1. The first kappa shape index (κ1) is 25.2. The van der Waals surface area contributed by atoms with E-state index >= 15 is 0 Å². The van der Waals surface area contributed by atoms with E-state index in [1.807, 2.05) is 13.1 Å². The van der Waals surface area contributed by atoms with Gasteiger partial charge in [-0.3, -0.25) is 4.79 Å². The fourth-order valence-electron chi connectivity index (χ4n) is 4.54. The van der Waals surface area contributed by atoms with Crippen molar-refractivity contribution >= 4 is 40.6 Å². The third-order valence-electron chi connectivity index (χ3n) is 6.49. The molecule has 9 nitrogen and oxygen atoms in total. The maximum Gasteiger partial charge on any atom is 0.387 e. The number of nitrogens with one attached hydrogen (secondary N) is 2. The average molecular weight is 510 g/mol. The average Bonchev–Trinajstić information content (AvgIpc) is 2.82. The van der Waals surface area contributed by atoms with Gasteiger partial charge in [-0.05, 0) is 32.0 Å². The zero-order chi connectivity index (χ0) is 24.9. The monoisotopic (exact) mass is 509 g/mol. The number of aromatic nitrogens is 2. The van der Waals surface area contributed by atoms with E-state index in [0.29, 0.717) is 17.9 Å². The van der Waals surface area contributed by atoms with Crippen LogP contribution in [0.5, 0.6) is 5.75 Å². The minimum absolute atomic E-state index is 0.00874. The Morgan fingerprint density at radius 3 is 2.69 bits per heavy atom. The lowest BCUT2D eigenvalue weighted by atomic mass is 9.84. The van der Waals surface area contributed by atoms with Gasteiger partial charge in [0.25, 0.3) is 0 Å². The molecule has 1 saturated carbocycles. The molecule has 1 aromatic heterocycles. The van der Waals surface area contributed by atoms with Gasteiger partial charge in [0.15, 0.2) is 11.6 Å². The molecule has 2 heterocycles. The van der Waals surface area contributed by atoms with Gasteiger partial charge in [-0.25, -0.2) is 4.98 Å². The molecule has 190 valence electrons. The molecule has 4 rings (SSSR count). The molecular weight excluding hydrogens is 480 g/mol. The molecule has 1 amide bonds. The van der Waals surface area contributed by atoms with Gasteiger partial charge in [0.1, 0.15) is 5.02 Å². The fraction of sp³-hybridized carbons (Fsp3) is 0.522. The molecule has 1 aromatic carbocycles. The zero-order valence-electron chi connectivity index (χ0n) is 19.5. The summed E-state index contributed by atoms with van der Waals surface area (Å²) in [5.74, 6) is -0.202. The van der Waals surface area contributed by atoms with E-state index in [-0.39, 0.29) is 34.6 Å². The first-order valence-corrected chi connectivity index (χ1v) is 12.1. The van der Waals surface area contributed by atoms with Crippen LogP contribution >= 0.6 is 11.6 Å². The van der Waals surface area contributed by atoms with Gasteiger partial charge < -0.3 is 30.9 Å². The van der Waals surface area contributed by atoms with E-state index in [1.165, 1.54) is 6.20 Å². The van der Waals surface area contributed by atoms with Crippen LogP contribution in [-0.4, -0.2) is 66.7 Å². The highest BCUT2D eigenvalue weighted by Crippen LogP contribution is 2.34. The van der Waals surface area contributed by atoms with Crippen LogP contribution in [0.3, 0.4) is 0 Å². The van der Waals surface area contributed by atoms with Crippen molar-refractivity contribution in [3.05, 3.63) is 29.4 Å². The van der Waals surface area contributed by atoms with Gasteiger partial charge in [-0.1, -0.05) is 24.4 Å². The van der Waals surface area contributed by atoms with Gasteiger partial charge >= 0.3 is 6.61 Å². The first-order valence-electron chi connectivity index (χ1n) is 11.7. The van der Waals surface area contributed by atoms with Crippen LogP contribution in [0.2, 0.25) is 5.02 Å². The lowest BCUT2D eigenvalue weighted by Crippen LogP contribution is -2.44. The molecule has 2 aliphatic rings. The third kappa shape index (κ3) is 6.40. The number of primary amides is 1. The second-order valence-corrected chi connectivity index (χ2v) is 9.32. The molecule has 0 unspecified atom stereocenters. The molecule has 0 spiro atoms. The first-order chi connectivity index (χ1) is 16.8. The van der Waals surface area contributed by atoms with Crippen LogP contribution in [0.4, 0.5) is 31.9 Å². The van der Waals surface area contributed by atoms with Crippen LogP contribution in [0, 0.1) is 5.92 Å². The van der Waals surface area contributed by atoms with E-state index < -0.39 is 6.61 Å². The van der Waals surface area contributed by atoms with Crippen LogP contribution in [0.15, 0.2) is 24.4 Å². The normalized spacial score (nSPS) is 21.1. The molecule has 35 heavy (non-hydrogen) atoms. The largest absolute Gasteiger partial charge is 0.433 e. The fourth-order valence-corrected chi connectivity index (χ4v) is 4.68. The number of nitrogens with two attached hydrogens (primary N) is 1. The molecule has 2 aromatic rings. The summed E-state index contributed by atoms with van der Waals surface area (Å²) in [4.78, 5) is 24.8. The summed E-state index contributed by atoms with van der Waals surface area (Å²) in [6.45, 7) is 0.368. The number of benzene rings is 1. The van der Waals surface area contributed by atoms with Gasteiger partial charge in [0.2, 0.25) is 11.9 Å². The SMILES string of the molecule is CN1CCN(c2ccc(Nc3ncc(Cl)c(N[C@@H]4CCCC[C@H]4C(N)=O)n3)c(OC(F)F)c2)CC1. The molecule has 1 aliphatic carbocycles. The van der Waals surface area contributed by atoms with Crippen LogP contribution in [0.1, 0.15) is 25.7 Å². The Balaban J connectivity index is 1.54. The number of hydrogen-bond donors (Lipinski definition) is 3. The van der Waals surface area contributed by atoms with Crippen molar-refractivity contribution in [2.45, 2.75) is 38.3 Å². The summed E-state index contributed by atoms with van der Waals surface area (Å²) in [7, 11) is 2.05. The lowest BCUT2D eigenvalue weighted by Gasteiger charge is -2.34. The van der Waals surface area contributed by atoms with Crippen molar-refractivity contribution in [2.75, 3.05) is 48.8 Å². The number of halogens is 3. The van der Waals surface area contributed by atoms with Crippen molar-refractivity contribution in [1.82, 2.24) is 14.9 Å². The Hall–Kier alpha value is -2.92. The Kier molecular flexibility index (Phi) is 8.07. The minimum atomic E-state index is -2.99. The molecular formula is C23H30ClF2N7O2. The van der Waals surface area contributed by atoms with Gasteiger partial charge in [0, 0.05) is 44.0 Å². The topological polar surface area (TPSA) is 109 Å². The minimum Gasteiger partial charge on any atom is -0.433 e. The van der Waals surface area contributed by atoms with Crippen molar-refractivity contribution in [3.63, 3.8) is 0 Å². The molecule has 0 bridgehead atoms. The number of carbonyl (C=O) groups is 1. The number of anilines is 4. The van der Waals surface area contributed by atoms with Crippen LogP contribution in [0.25, 0.3) is 0 Å². The molecule has 0 radical (unpaired) electrons. The molecule has 4 N–H and O–H groups in total. The quantitative estimate of drug-likeness (QED) is 0.494. The van der Waals surface area contributed by atoms with E-state index in [9.17, 15) is 13.6 Å². The number of nitrogens with zero attached hydrogens (tertiary/aromatic N) is 4. The number of rotatable bonds is 8. The maximum atomic E-state index is 13.2. The van der Waals surface area contributed by atoms with Gasteiger partial charge in [0.05, 0.1) is 17.8 Å².